The number of amides is 1. The Bertz CT molecular complexity index is 265. The summed E-state index contributed by atoms with van der Waals surface area (Å²) in [5.74, 6) is -0.133. The van der Waals surface area contributed by atoms with E-state index in [0.717, 1.165) is 19.3 Å². The van der Waals surface area contributed by atoms with Crippen LogP contribution in [0.5, 0.6) is 0 Å². The molecule has 3 heteroatoms. The van der Waals surface area contributed by atoms with E-state index in [-0.39, 0.29) is 5.91 Å². The zero-order chi connectivity index (χ0) is 10.4. The normalized spacial score (nSPS) is 22.4. The number of nitriles is 1. The molecule has 1 aliphatic carbocycles. The molecule has 0 saturated carbocycles. The molecular formula is C11H16N2O. The predicted molar refractivity (Wildman–Crippen MR) is 54.3 cm³/mol. The van der Waals surface area contributed by atoms with E-state index in [9.17, 15) is 4.79 Å². The summed E-state index contributed by atoms with van der Waals surface area (Å²) in [5, 5.41) is 11.3. The fourth-order valence-corrected chi connectivity index (χ4v) is 1.50. The maximum atomic E-state index is 11.3. The highest BCUT2D eigenvalue weighted by Gasteiger charge is 2.14. The van der Waals surface area contributed by atoms with Gasteiger partial charge in [-0.15, -0.1) is 0 Å². The molecule has 1 aliphatic rings. The minimum absolute atomic E-state index is 0.151. The molecule has 0 radical (unpaired) electrons. The van der Waals surface area contributed by atoms with Crippen molar-refractivity contribution in [2.24, 2.45) is 11.8 Å². The molecule has 0 aromatic rings. The largest absolute Gasteiger partial charge is 0.355 e. The Morgan fingerprint density at radius 3 is 3.07 bits per heavy atom. The van der Waals surface area contributed by atoms with Gasteiger partial charge >= 0.3 is 0 Å². The summed E-state index contributed by atoms with van der Waals surface area (Å²) in [7, 11) is 0. The van der Waals surface area contributed by atoms with Crippen LogP contribution in [-0.2, 0) is 4.79 Å². The van der Waals surface area contributed by atoms with E-state index in [1.807, 2.05) is 6.07 Å². The zero-order valence-electron chi connectivity index (χ0n) is 8.49. The summed E-state index contributed by atoms with van der Waals surface area (Å²) in [6, 6.07) is 1.93. The fourth-order valence-electron chi connectivity index (χ4n) is 1.50. The molecule has 0 heterocycles. The van der Waals surface area contributed by atoms with Gasteiger partial charge in [0, 0.05) is 6.54 Å². The third-order valence-corrected chi connectivity index (χ3v) is 2.53. The fraction of sp³-hybridized carbons (Fsp3) is 0.636. The van der Waals surface area contributed by atoms with Crippen LogP contribution < -0.4 is 5.32 Å². The summed E-state index contributed by atoms with van der Waals surface area (Å²) in [5.41, 5.74) is 0. The van der Waals surface area contributed by atoms with Crippen molar-refractivity contribution >= 4 is 5.91 Å². The highest BCUT2D eigenvalue weighted by molar-refractivity contribution is 5.80. The van der Waals surface area contributed by atoms with E-state index in [2.05, 4.69) is 17.5 Å². The standard InChI is InChI=1S/C11H16N2O/c1-9(7-12)11(14)13-8-10-5-3-2-4-6-10/h2-3,9-10H,4-6,8H2,1H3,(H,13,14). The molecule has 0 aliphatic heterocycles. The first-order valence-corrected chi connectivity index (χ1v) is 5.06. The number of nitrogens with one attached hydrogen (secondary N) is 1. The number of hydrogen-bond donors (Lipinski definition) is 1. The van der Waals surface area contributed by atoms with Crippen molar-refractivity contribution in [2.45, 2.75) is 26.2 Å². The van der Waals surface area contributed by atoms with Gasteiger partial charge in [-0.3, -0.25) is 4.79 Å². The molecule has 2 atom stereocenters. The smallest absolute Gasteiger partial charge is 0.237 e. The maximum absolute atomic E-state index is 11.3. The van der Waals surface area contributed by atoms with Crippen molar-refractivity contribution in [1.82, 2.24) is 5.32 Å². The first-order valence-electron chi connectivity index (χ1n) is 5.06. The summed E-state index contributed by atoms with van der Waals surface area (Å²) in [6.45, 7) is 2.32. The van der Waals surface area contributed by atoms with Gasteiger partial charge in [0.25, 0.3) is 0 Å². The predicted octanol–water partition coefficient (Wildman–Crippen LogP) is 1.62. The summed E-state index contributed by atoms with van der Waals surface area (Å²) in [6.07, 6.45) is 7.62. The van der Waals surface area contributed by atoms with Crippen LogP contribution in [0.15, 0.2) is 12.2 Å². The van der Waals surface area contributed by atoms with Crippen molar-refractivity contribution in [1.29, 1.82) is 5.26 Å². The highest BCUT2D eigenvalue weighted by Crippen LogP contribution is 2.16. The molecule has 1 rings (SSSR count). The summed E-state index contributed by atoms with van der Waals surface area (Å²) < 4.78 is 0. The van der Waals surface area contributed by atoms with Crippen LogP contribution in [0.2, 0.25) is 0 Å². The van der Waals surface area contributed by atoms with E-state index in [4.69, 9.17) is 5.26 Å². The van der Waals surface area contributed by atoms with Crippen molar-refractivity contribution in [3.63, 3.8) is 0 Å². The van der Waals surface area contributed by atoms with Gasteiger partial charge in [-0.2, -0.15) is 5.26 Å². The molecule has 1 amide bonds. The summed E-state index contributed by atoms with van der Waals surface area (Å²) in [4.78, 5) is 11.3. The minimum atomic E-state index is -0.533. The van der Waals surface area contributed by atoms with Crippen LogP contribution >= 0.6 is 0 Å². The molecule has 0 spiro atoms. The molecule has 0 aromatic heterocycles. The number of nitrogens with zero attached hydrogens (tertiary/aromatic N) is 1. The van der Waals surface area contributed by atoms with Gasteiger partial charge < -0.3 is 5.32 Å². The topological polar surface area (TPSA) is 52.9 Å². The number of hydrogen-bond acceptors (Lipinski definition) is 2. The van der Waals surface area contributed by atoms with Gasteiger partial charge in [0.2, 0.25) is 5.91 Å². The third-order valence-electron chi connectivity index (χ3n) is 2.53. The Labute approximate surface area is 84.8 Å². The average Bonchev–Trinajstić information content (AvgIpc) is 2.26. The Morgan fingerprint density at radius 1 is 1.71 bits per heavy atom. The number of allylic oxidation sites excluding steroid dienone is 2. The van der Waals surface area contributed by atoms with Crippen LogP contribution in [0.4, 0.5) is 0 Å². The molecule has 1 N–H and O–H groups in total. The Balaban J connectivity index is 2.23. The van der Waals surface area contributed by atoms with Crippen LogP contribution in [0.3, 0.4) is 0 Å². The Hall–Kier alpha value is -1.30. The number of rotatable bonds is 3. The van der Waals surface area contributed by atoms with Crippen molar-refractivity contribution < 1.29 is 4.79 Å². The van der Waals surface area contributed by atoms with E-state index in [0.29, 0.717) is 12.5 Å². The first-order chi connectivity index (χ1) is 6.74. The molecule has 3 nitrogen and oxygen atoms in total. The second-order valence-electron chi connectivity index (χ2n) is 3.75. The van der Waals surface area contributed by atoms with Crippen LogP contribution in [0.25, 0.3) is 0 Å². The monoisotopic (exact) mass is 192 g/mol. The summed E-state index contributed by atoms with van der Waals surface area (Å²) >= 11 is 0. The second-order valence-corrected chi connectivity index (χ2v) is 3.75. The van der Waals surface area contributed by atoms with E-state index in [1.165, 1.54) is 0 Å². The first kappa shape index (κ1) is 10.8. The lowest BCUT2D eigenvalue weighted by molar-refractivity contribution is -0.123. The van der Waals surface area contributed by atoms with E-state index < -0.39 is 5.92 Å². The van der Waals surface area contributed by atoms with Crippen LogP contribution in [0, 0.1) is 23.2 Å². The lowest BCUT2D eigenvalue weighted by atomic mass is 9.94. The van der Waals surface area contributed by atoms with Crippen molar-refractivity contribution in [2.75, 3.05) is 6.54 Å². The molecule has 2 unspecified atom stereocenters. The SMILES string of the molecule is CC(C#N)C(=O)NCC1CC=CCC1. The average molecular weight is 192 g/mol. The molecular weight excluding hydrogens is 176 g/mol. The van der Waals surface area contributed by atoms with Crippen molar-refractivity contribution in [3.05, 3.63) is 12.2 Å². The quantitative estimate of drug-likeness (QED) is 0.691. The Morgan fingerprint density at radius 2 is 2.50 bits per heavy atom. The molecule has 0 aromatic carbocycles. The lowest BCUT2D eigenvalue weighted by Gasteiger charge is -2.18. The Kier molecular flexibility index (Phi) is 4.18. The van der Waals surface area contributed by atoms with Gasteiger partial charge in [-0.25, -0.2) is 0 Å². The van der Waals surface area contributed by atoms with Gasteiger partial charge in [0.15, 0.2) is 0 Å². The maximum Gasteiger partial charge on any atom is 0.237 e. The van der Waals surface area contributed by atoms with Gasteiger partial charge in [0.1, 0.15) is 5.92 Å². The molecule has 0 fully saturated rings. The number of carbonyl (C=O) groups excluding carboxylic acids is 1. The highest BCUT2D eigenvalue weighted by atomic mass is 16.1. The molecule has 0 bridgehead atoms. The van der Waals surface area contributed by atoms with Crippen LogP contribution in [-0.4, -0.2) is 12.5 Å². The molecule has 76 valence electrons. The van der Waals surface area contributed by atoms with Crippen LogP contribution in [0.1, 0.15) is 26.2 Å². The third kappa shape index (κ3) is 3.21. The van der Waals surface area contributed by atoms with E-state index >= 15 is 0 Å². The second kappa shape index (κ2) is 5.43. The van der Waals surface area contributed by atoms with E-state index in [1.54, 1.807) is 6.92 Å². The lowest BCUT2D eigenvalue weighted by Crippen LogP contribution is -2.33. The van der Waals surface area contributed by atoms with Gasteiger partial charge in [-0.1, -0.05) is 12.2 Å². The van der Waals surface area contributed by atoms with Crippen molar-refractivity contribution in [3.8, 4) is 6.07 Å². The zero-order valence-corrected chi connectivity index (χ0v) is 8.49. The minimum Gasteiger partial charge on any atom is -0.355 e. The molecule has 14 heavy (non-hydrogen) atoms. The molecule has 0 saturated heterocycles. The van der Waals surface area contributed by atoms with Gasteiger partial charge in [0.05, 0.1) is 6.07 Å². The van der Waals surface area contributed by atoms with Gasteiger partial charge in [-0.05, 0) is 32.1 Å². The number of carbonyl (C=O) groups is 1.